The average molecular weight is 454 g/mol. The number of hydrogen-bond acceptors (Lipinski definition) is 5. The molecule has 0 saturated heterocycles. The van der Waals surface area contributed by atoms with E-state index in [2.05, 4.69) is 17.0 Å². The van der Waals surface area contributed by atoms with E-state index < -0.39 is 0 Å². The number of rotatable bonds is 8. The molecule has 3 rings (SSSR count). The van der Waals surface area contributed by atoms with Gasteiger partial charge in [0.2, 0.25) is 0 Å². The van der Waals surface area contributed by atoms with Crippen molar-refractivity contribution in [3.63, 3.8) is 0 Å². The van der Waals surface area contributed by atoms with Gasteiger partial charge in [-0.3, -0.25) is 0 Å². The number of nitrogens with zero attached hydrogens (tertiary/aromatic N) is 3. The molecule has 0 aliphatic heterocycles. The van der Waals surface area contributed by atoms with Gasteiger partial charge < -0.3 is 10.0 Å². The number of nitroso groups, excluding NO2 is 1. The Kier molecular flexibility index (Phi) is 8.50. The fourth-order valence-corrected chi connectivity index (χ4v) is 4.06. The molecule has 7 heteroatoms. The van der Waals surface area contributed by atoms with E-state index in [1.54, 1.807) is 42.1 Å². The molecule has 0 bridgehead atoms. The average Bonchev–Trinajstić information content (AvgIpc) is 2.78. The van der Waals surface area contributed by atoms with Crippen LogP contribution in [-0.2, 0) is 6.54 Å². The largest absolute Gasteiger partial charge is 0.508 e. The van der Waals surface area contributed by atoms with E-state index in [0.717, 1.165) is 35.0 Å². The maximum absolute atomic E-state index is 11.1. The van der Waals surface area contributed by atoms with Crippen molar-refractivity contribution in [3.8, 4) is 5.75 Å². The molecule has 0 radical (unpaired) electrons. The first-order chi connectivity index (χ1) is 15.1. The first-order valence-electron chi connectivity index (χ1n) is 10.1. The van der Waals surface area contributed by atoms with Gasteiger partial charge in [0.25, 0.3) is 0 Å². The lowest BCUT2D eigenvalue weighted by Crippen LogP contribution is -2.29. The fourth-order valence-electron chi connectivity index (χ4n) is 2.97. The molecule has 1 N–H and O–H groups in total. The SMILES string of the molecule is CCCCN(Cc1cccc(O)c1)C(=Nc1ccc(Cl)c(N=O)c1)Sc1ccccc1. The van der Waals surface area contributed by atoms with Crippen LogP contribution < -0.4 is 0 Å². The zero-order chi connectivity index (χ0) is 22.1. The van der Waals surface area contributed by atoms with Crippen molar-refractivity contribution < 1.29 is 5.11 Å². The molecule has 0 unspecified atom stereocenters. The third-order valence-corrected chi connectivity index (χ3v) is 5.90. The summed E-state index contributed by atoms with van der Waals surface area (Å²) in [5, 5.41) is 14.0. The highest BCUT2D eigenvalue weighted by molar-refractivity contribution is 8.13. The molecule has 5 nitrogen and oxygen atoms in total. The van der Waals surface area contributed by atoms with Crippen LogP contribution in [0, 0.1) is 4.91 Å². The van der Waals surface area contributed by atoms with E-state index in [1.165, 1.54) is 0 Å². The number of phenolic OH excluding ortho intramolecular Hbond substituents is 1. The highest BCUT2D eigenvalue weighted by Crippen LogP contribution is 2.32. The number of aromatic hydroxyl groups is 1. The number of hydrogen-bond donors (Lipinski definition) is 1. The van der Waals surface area contributed by atoms with Crippen molar-refractivity contribution in [1.82, 2.24) is 4.90 Å². The molecule has 0 aliphatic carbocycles. The summed E-state index contributed by atoms with van der Waals surface area (Å²) < 4.78 is 0. The minimum Gasteiger partial charge on any atom is -0.508 e. The maximum Gasteiger partial charge on any atom is 0.169 e. The Hall–Kier alpha value is -2.83. The van der Waals surface area contributed by atoms with Crippen molar-refractivity contribution in [1.29, 1.82) is 0 Å². The van der Waals surface area contributed by atoms with Gasteiger partial charge in [-0.1, -0.05) is 67.0 Å². The Bertz CT molecular complexity index is 1040. The molecule has 0 aliphatic rings. The molecule has 0 spiro atoms. The van der Waals surface area contributed by atoms with Crippen molar-refractivity contribution >= 4 is 39.9 Å². The molecule has 0 saturated carbocycles. The number of phenols is 1. The van der Waals surface area contributed by atoms with E-state index in [4.69, 9.17) is 16.6 Å². The number of aliphatic imine (C=N–C) groups is 1. The Morgan fingerprint density at radius 1 is 1.06 bits per heavy atom. The molecule has 0 heterocycles. The highest BCUT2D eigenvalue weighted by Gasteiger charge is 2.15. The lowest BCUT2D eigenvalue weighted by atomic mass is 10.2. The van der Waals surface area contributed by atoms with Gasteiger partial charge in [0.05, 0.1) is 10.7 Å². The smallest absolute Gasteiger partial charge is 0.169 e. The van der Waals surface area contributed by atoms with Crippen molar-refractivity contribution in [2.45, 2.75) is 31.2 Å². The number of benzene rings is 3. The molecule has 0 atom stereocenters. The molecule has 3 aromatic carbocycles. The third-order valence-electron chi connectivity index (χ3n) is 4.54. The zero-order valence-corrected chi connectivity index (χ0v) is 18.8. The molecule has 160 valence electrons. The summed E-state index contributed by atoms with van der Waals surface area (Å²) in [5.74, 6) is 0.238. The molecular formula is C24H24ClN3O2S. The van der Waals surface area contributed by atoms with Gasteiger partial charge >= 0.3 is 0 Å². The van der Waals surface area contributed by atoms with Crippen LogP contribution >= 0.6 is 23.4 Å². The van der Waals surface area contributed by atoms with Crippen molar-refractivity contribution in [2.24, 2.45) is 10.2 Å². The normalized spacial score (nSPS) is 11.4. The van der Waals surface area contributed by atoms with Gasteiger partial charge in [-0.25, -0.2) is 4.99 Å². The second-order valence-corrected chi connectivity index (χ2v) is 8.43. The third kappa shape index (κ3) is 6.84. The second kappa shape index (κ2) is 11.5. The van der Waals surface area contributed by atoms with E-state index in [1.807, 2.05) is 42.5 Å². The Morgan fingerprint density at radius 3 is 2.58 bits per heavy atom. The van der Waals surface area contributed by atoms with Gasteiger partial charge in [-0.2, -0.15) is 0 Å². The minimum absolute atomic E-state index is 0.167. The molecular weight excluding hydrogens is 430 g/mol. The van der Waals surface area contributed by atoms with Crippen LogP contribution in [0.1, 0.15) is 25.3 Å². The lowest BCUT2D eigenvalue weighted by Gasteiger charge is -2.26. The van der Waals surface area contributed by atoms with Crippen LogP contribution in [-0.4, -0.2) is 21.7 Å². The summed E-state index contributed by atoms with van der Waals surface area (Å²) in [5.41, 5.74) is 1.76. The van der Waals surface area contributed by atoms with E-state index >= 15 is 0 Å². The lowest BCUT2D eigenvalue weighted by molar-refractivity contribution is 0.407. The predicted molar refractivity (Wildman–Crippen MR) is 130 cm³/mol. The van der Waals surface area contributed by atoms with Crippen LogP contribution in [0.25, 0.3) is 0 Å². The molecule has 3 aromatic rings. The Balaban J connectivity index is 2.00. The topological polar surface area (TPSA) is 65.3 Å². The number of amidine groups is 1. The molecule has 0 aromatic heterocycles. The molecule has 31 heavy (non-hydrogen) atoms. The van der Waals surface area contributed by atoms with Gasteiger partial charge in [0.1, 0.15) is 11.4 Å². The quantitative estimate of drug-likeness (QED) is 0.166. The Morgan fingerprint density at radius 2 is 1.87 bits per heavy atom. The Labute approximate surface area is 191 Å². The number of thioether (sulfide) groups is 1. The van der Waals surface area contributed by atoms with Crippen molar-refractivity contribution in [3.05, 3.63) is 88.3 Å². The second-order valence-electron chi connectivity index (χ2n) is 6.98. The molecule has 0 amide bonds. The summed E-state index contributed by atoms with van der Waals surface area (Å²) >= 11 is 7.59. The van der Waals surface area contributed by atoms with Crippen LogP contribution in [0.2, 0.25) is 5.02 Å². The first kappa shape index (κ1) is 22.8. The zero-order valence-electron chi connectivity index (χ0n) is 17.2. The van der Waals surface area contributed by atoms with Gasteiger partial charge in [0, 0.05) is 18.0 Å². The van der Waals surface area contributed by atoms with Gasteiger partial charge in [-0.15, -0.1) is 4.91 Å². The van der Waals surface area contributed by atoms with Gasteiger partial charge in [0.15, 0.2) is 5.17 Å². The molecule has 0 fully saturated rings. The number of unbranched alkanes of at least 4 members (excludes halogenated alkanes) is 1. The fraction of sp³-hybridized carbons (Fsp3) is 0.208. The van der Waals surface area contributed by atoms with Crippen LogP contribution in [0.4, 0.5) is 11.4 Å². The van der Waals surface area contributed by atoms with E-state index in [-0.39, 0.29) is 11.4 Å². The standard InChI is InChI=1S/C24H24ClN3O2S/c1-2-3-14-28(17-18-8-7-9-20(29)15-18)24(31-21-10-5-4-6-11-21)26-19-12-13-22(25)23(16-19)27-30/h4-13,15-16,29H,2-3,14,17H2,1H3. The van der Waals surface area contributed by atoms with Crippen LogP contribution in [0.5, 0.6) is 5.75 Å². The van der Waals surface area contributed by atoms with Gasteiger partial charge in [-0.05, 0) is 59.6 Å². The first-order valence-corrected chi connectivity index (χ1v) is 11.3. The van der Waals surface area contributed by atoms with E-state index in [0.29, 0.717) is 17.3 Å². The summed E-state index contributed by atoms with van der Waals surface area (Å²) in [6, 6.07) is 22.3. The highest BCUT2D eigenvalue weighted by atomic mass is 35.5. The van der Waals surface area contributed by atoms with Crippen molar-refractivity contribution in [2.75, 3.05) is 6.54 Å². The minimum atomic E-state index is 0.167. The summed E-state index contributed by atoms with van der Waals surface area (Å²) in [4.78, 5) is 19.2. The monoisotopic (exact) mass is 453 g/mol. The number of halogens is 1. The maximum atomic E-state index is 11.1. The predicted octanol–water partition coefficient (Wildman–Crippen LogP) is 7.53. The van der Waals surface area contributed by atoms with Crippen LogP contribution in [0.15, 0.2) is 87.9 Å². The summed E-state index contributed by atoms with van der Waals surface area (Å²) in [6.45, 7) is 3.55. The summed E-state index contributed by atoms with van der Waals surface area (Å²) in [7, 11) is 0. The van der Waals surface area contributed by atoms with Crippen LogP contribution in [0.3, 0.4) is 0 Å². The van der Waals surface area contributed by atoms with E-state index in [9.17, 15) is 10.0 Å². The summed E-state index contributed by atoms with van der Waals surface area (Å²) in [6.07, 6.45) is 2.04.